The average Bonchev–Trinajstić information content (AvgIpc) is 3.19. The van der Waals surface area contributed by atoms with E-state index in [1.54, 1.807) is 17.0 Å². The molecule has 0 aliphatic heterocycles. The van der Waals surface area contributed by atoms with E-state index >= 15 is 0 Å². The van der Waals surface area contributed by atoms with Crippen LogP contribution >= 0.6 is 11.6 Å². The fourth-order valence-electron chi connectivity index (χ4n) is 3.21. The lowest BCUT2D eigenvalue weighted by Crippen LogP contribution is -2.17. The molecule has 0 bridgehead atoms. The summed E-state index contributed by atoms with van der Waals surface area (Å²) in [5.74, 6) is 0. The number of fused-ring (bicyclic) bond motifs is 2. The van der Waals surface area contributed by atoms with Gasteiger partial charge in [-0.15, -0.1) is 0 Å². The molecule has 0 radical (unpaired) electrons. The summed E-state index contributed by atoms with van der Waals surface area (Å²) in [4.78, 5) is 19.6. The monoisotopic (exact) mass is 355 g/mol. The number of nitrogens with zero attached hydrogens (tertiary/aromatic N) is 3. The summed E-state index contributed by atoms with van der Waals surface area (Å²) < 4.78 is 1.75. The molecular formula is C18H18ClN5O. The van der Waals surface area contributed by atoms with Crippen molar-refractivity contribution in [1.29, 1.82) is 0 Å². The molecule has 3 aromatic heterocycles. The molecule has 7 heteroatoms. The largest absolute Gasteiger partial charge is 0.327 e. The van der Waals surface area contributed by atoms with Crippen molar-refractivity contribution in [2.24, 2.45) is 0 Å². The molecule has 3 heterocycles. The Kier molecular flexibility index (Phi) is 4.05. The number of aromatic nitrogens is 5. The van der Waals surface area contributed by atoms with Crippen molar-refractivity contribution < 1.29 is 0 Å². The van der Waals surface area contributed by atoms with Crippen molar-refractivity contribution in [1.82, 2.24) is 24.7 Å². The van der Waals surface area contributed by atoms with Gasteiger partial charge >= 0.3 is 5.69 Å². The van der Waals surface area contributed by atoms with E-state index in [2.05, 4.69) is 27.1 Å². The Bertz CT molecular complexity index is 1110. The van der Waals surface area contributed by atoms with E-state index in [1.807, 2.05) is 18.2 Å². The number of rotatable bonds is 5. The Balaban J connectivity index is 1.95. The van der Waals surface area contributed by atoms with Gasteiger partial charge < -0.3 is 0 Å². The molecule has 1 aromatic carbocycles. The Morgan fingerprint density at radius 2 is 2.12 bits per heavy atom. The topological polar surface area (TPSA) is 79.4 Å². The van der Waals surface area contributed by atoms with Crippen LogP contribution in [0.4, 0.5) is 0 Å². The van der Waals surface area contributed by atoms with E-state index < -0.39 is 0 Å². The molecule has 0 saturated heterocycles. The summed E-state index contributed by atoms with van der Waals surface area (Å²) in [5.41, 5.74) is 3.90. The first-order valence-electron chi connectivity index (χ1n) is 8.39. The van der Waals surface area contributed by atoms with Crippen molar-refractivity contribution in [2.45, 2.75) is 32.7 Å². The van der Waals surface area contributed by atoms with Gasteiger partial charge in [0.25, 0.3) is 0 Å². The number of imidazole rings is 1. The zero-order valence-corrected chi connectivity index (χ0v) is 14.6. The zero-order valence-electron chi connectivity index (χ0n) is 13.8. The van der Waals surface area contributed by atoms with E-state index in [1.165, 1.54) is 0 Å². The van der Waals surface area contributed by atoms with Crippen molar-refractivity contribution in [3.05, 3.63) is 46.1 Å². The molecule has 128 valence electrons. The van der Waals surface area contributed by atoms with Crippen LogP contribution in [-0.4, -0.2) is 24.7 Å². The van der Waals surface area contributed by atoms with Crippen LogP contribution in [0.25, 0.3) is 33.2 Å². The van der Waals surface area contributed by atoms with Crippen LogP contribution in [-0.2, 0) is 6.54 Å². The quantitative estimate of drug-likeness (QED) is 0.529. The third-order valence-electron chi connectivity index (χ3n) is 4.46. The normalized spacial score (nSPS) is 11.6. The van der Waals surface area contributed by atoms with E-state index in [9.17, 15) is 4.79 Å². The molecule has 0 atom stereocenters. The van der Waals surface area contributed by atoms with E-state index in [-0.39, 0.29) is 5.69 Å². The van der Waals surface area contributed by atoms with Gasteiger partial charge in [-0.2, -0.15) is 5.10 Å². The average molecular weight is 356 g/mol. The van der Waals surface area contributed by atoms with Gasteiger partial charge in [0.2, 0.25) is 0 Å². The third kappa shape index (κ3) is 2.72. The lowest BCUT2D eigenvalue weighted by Gasteiger charge is -2.10. The number of aryl methyl sites for hydroxylation is 1. The van der Waals surface area contributed by atoms with Gasteiger partial charge in [-0.25, -0.2) is 9.78 Å². The third-order valence-corrected chi connectivity index (χ3v) is 4.75. The van der Waals surface area contributed by atoms with E-state index in [4.69, 9.17) is 11.6 Å². The minimum absolute atomic E-state index is 0.147. The van der Waals surface area contributed by atoms with Crippen molar-refractivity contribution in [2.75, 3.05) is 0 Å². The van der Waals surface area contributed by atoms with Crippen LogP contribution < -0.4 is 5.69 Å². The highest BCUT2D eigenvalue weighted by Gasteiger charge is 2.17. The first kappa shape index (κ1) is 15.9. The minimum atomic E-state index is -0.147. The Morgan fingerprint density at radius 3 is 2.96 bits per heavy atom. The van der Waals surface area contributed by atoms with Gasteiger partial charge in [0.05, 0.1) is 22.3 Å². The molecule has 2 N–H and O–H groups in total. The molecule has 0 aliphatic rings. The van der Waals surface area contributed by atoms with Crippen molar-refractivity contribution in [3.8, 4) is 11.1 Å². The van der Waals surface area contributed by atoms with Gasteiger partial charge in [0.1, 0.15) is 0 Å². The molecule has 0 amide bonds. The summed E-state index contributed by atoms with van der Waals surface area (Å²) in [5, 5.41) is 8.52. The van der Waals surface area contributed by atoms with Crippen LogP contribution in [0.1, 0.15) is 26.2 Å². The first-order valence-corrected chi connectivity index (χ1v) is 8.77. The summed E-state index contributed by atoms with van der Waals surface area (Å²) in [6.07, 6.45) is 6.47. The smallest absolute Gasteiger partial charge is 0.290 e. The molecule has 0 spiro atoms. The minimum Gasteiger partial charge on any atom is -0.290 e. The number of hydrogen-bond acceptors (Lipinski definition) is 3. The SMILES string of the molecule is CCCCCn1c(=O)[nH]c2ncc(Cl)c(-c3ccc4[nH]ncc4c3)c21. The van der Waals surface area contributed by atoms with Gasteiger partial charge in [-0.05, 0) is 24.1 Å². The summed E-state index contributed by atoms with van der Waals surface area (Å²) in [7, 11) is 0. The highest BCUT2D eigenvalue weighted by atomic mass is 35.5. The number of aromatic amines is 2. The molecule has 6 nitrogen and oxygen atoms in total. The Hall–Kier alpha value is -2.60. The van der Waals surface area contributed by atoms with Crippen LogP contribution in [0.15, 0.2) is 35.4 Å². The highest BCUT2D eigenvalue weighted by Crippen LogP contribution is 2.34. The summed E-state index contributed by atoms with van der Waals surface area (Å²) in [6.45, 7) is 2.79. The molecule has 0 unspecified atom stereocenters. The molecule has 0 saturated carbocycles. The summed E-state index contributed by atoms with van der Waals surface area (Å²) in [6, 6.07) is 5.97. The number of H-pyrrole nitrogens is 2. The Morgan fingerprint density at radius 1 is 1.24 bits per heavy atom. The van der Waals surface area contributed by atoms with Gasteiger partial charge in [0, 0.05) is 23.7 Å². The zero-order chi connectivity index (χ0) is 17.4. The fourth-order valence-corrected chi connectivity index (χ4v) is 3.46. The lowest BCUT2D eigenvalue weighted by atomic mass is 10.0. The molecule has 4 rings (SSSR count). The van der Waals surface area contributed by atoms with Crippen LogP contribution in [0.5, 0.6) is 0 Å². The maximum atomic E-state index is 12.4. The first-order chi connectivity index (χ1) is 12.2. The second-order valence-corrected chi connectivity index (χ2v) is 6.55. The van der Waals surface area contributed by atoms with Crippen molar-refractivity contribution in [3.63, 3.8) is 0 Å². The molecule has 25 heavy (non-hydrogen) atoms. The second-order valence-electron chi connectivity index (χ2n) is 6.14. The number of unbranched alkanes of at least 4 members (excludes halogenated alkanes) is 2. The van der Waals surface area contributed by atoms with Crippen LogP contribution in [0, 0.1) is 0 Å². The predicted octanol–water partition coefficient (Wildman–Crippen LogP) is 4.11. The van der Waals surface area contributed by atoms with Gasteiger partial charge in [0.15, 0.2) is 5.65 Å². The summed E-state index contributed by atoms with van der Waals surface area (Å²) >= 11 is 6.49. The molecular weight excluding hydrogens is 338 g/mol. The molecule has 4 aromatic rings. The number of hydrogen-bond donors (Lipinski definition) is 2. The van der Waals surface area contributed by atoms with Crippen LogP contribution in [0.2, 0.25) is 5.02 Å². The lowest BCUT2D eigenvalue weighted by molar-refractivity contribution is 0.601. The predicted molar refractivity (Wildman–Crippen MR) is 100.0 cm³/mol. The fraction of sp³-hybridized carbons (Fsp3) is 0.278. The number of halogens is 1. The number of benzene rings is 1. The van der Waals surface area contributed by atoms with E-state index in [0.717, 1.165) is 46.8 Å². The number of pyridine rings is 1. The van der Waals surface area contributed by atoms with Crippen molar-refractivity contribution >= 4 is 33.7 Å². The maximum Gasteiger partial charge on any atom is 0.327 e. The van der Waals surface area contributed by atoms with Crippen LogP contribution in [0.3, 0.4) is 0 Å². The Labute approximate surface area is 148 Å². The van der Waals surface area contributed by atoms with Gasteiger partial charge in [-0.1, -0.05) is 37.4 Å². The standard InChI is InChI=1S/C18H18ClN5O/c1-2-3-4-7-24-16-15(13(19)10-20-17(16)22-18(24)25)11-5-6-14-12(8-11)9-21-23-14/h5-6,8-10H,2-4,7H2,1H3,(H,21,23)(H,20,22,25). The van der Waals surface area contributed by atoms with E-state index in [0.29, 0.717) is 17.2 Å². The maximum absolute atomic E-state index is 12.4. The molecule has 0 aliphatic carbocycles. The highest BCUT2D eigenvalue weighted by molar-refractivity contribution is 6.34. The second kappa shape index (κ2) is 6.37. The number of nitrogens with one attached hydrogen (secondary N) is 2. The molecule has 0 fully saturated rings. The van der Waals surface area contributed by atoms with Gasteiger partial charge in [-0.3, -0.25) is 14.6 Å².